The Balaban J connectivity index is 1.38. The number of amides is 2. The number of rotatable bonds is 14. The highest BCUT2D eigenvalue weighted by atomic mass is 32.2. The third-order valence-corrected chi connectivity index (χ3v) is 10.5. The Morgan fingerprint density at radius 3 is 1.60 bits per heavy atom. The molecule has 9 nitrogen and oxygen atoms in total. The monoisotopic (exact) mass is 645 g/mol. The van der Waals surface area contributed by atoms with Crippen molar-refractivity contribution in [2.45, 2.75) is 16.6 Å². The fraction of sp³-hybridized carbons (Fsp3) is 0.206. The summed E-state index contributed by atoms with van der Waals surface area (Å²) in [6.45, 7) is 0.625. The van der Waals surface area contributed by atoms with Crippen molar-refractivity contribution in [3.63, 3.8) is 0 Å². The zero-order valence-corrected chi connectivity index (χ0v) is 26.4. The zero-order chi connectivity index (χ0) is 32.3. The van der Waals surface area contributed by atoms with Gasteiger partial charge in [-0.25, -0.2) is 8.42 Å². The minimum atomic E-state index is -4.13. The third-order valence-electron chi connectivity index (χ3n) is 7.07. The first-order valence-electron chi connectivity index (χ1n) is 14.3. The van der Waals surface area contributed by atoms with Gasteiger partial charge in [0, 0.05) is 25.4 Å². The van der Waals surface area contributed by atoms with Gasteiger partial charge in [0.25, 0.3) is 0 Å². The van der Waals surface area contributed by atoms with Crippen LogP contribution in [0, 0.1) is 6.92 Å². The fourth-order valence-electron chi connectivity index (χ4n) is 4.89. The number of benzene rings is 4. The topological polar surface area (TPSA) is 133 Å². The molecule has 2 amide bonds. The van der Waals surface area contributed by atoms with Crippen LogP contribution in [0.1, 0.15) is 22.3 Å². The van der Waals surface area contributed by atoms with Crippen molar-refractivity contribution >= 4 is 39.6 Å². The van der Waals surface area contributed by atoms with Crippen LogP contribution >= 0.6 is 11.8 Å². The van der Waals surface area contributed by atoms with Crippen LogP contribution in [0.15, 0.2) is 120 Å². The van der Waals surface area contributed by atoms with Gasteiger partial charge in [0.2, 0.25) is 10.0 Å². The number of nitrogens with one attached hydrogen (secondary N) is 2. The second-order valence-corrected chi connectivity index (χ2v) is 13.4. The van der Waals surface area contributed by atoms with Crippen LogP contribution < -0.4 is 10.6 Å². The summed E-state index contributed by atoms with van der Waals surface area (Å²) in [5, 5.41) is 14.3. The zero-order valence-electron chi connectivity index (χ0n) is 24.8. The summed E-state index contributed by atoms with van der Waals surface area (Å²) < 4.78 is 26.2. The van der Waals surface area contributed by atoms with Crippen LogP contribution in [0.5, 0.6) is 0 Å². The largest absolute Gasteiger partial charge is 0.480 e. The van der Waals surface area contributed by atoms with Crippen molar-refractivity contribution < 1.29 is 27.9 Å². The van der Waals surface area contributed by atoms with E-state index in [0.29, 0.717) is 5.75 Å². The second-order valence-electron chi connectivity index (χ2n) is 10.2. The van der Waals surface area contributed by atoms with Crippen LogP contribution in [-0.4, -0.2) is 67.5 Å². The molecular weight excluding hydrogens is 611 g/mol. The van der Waals surface area contributed by atoms with Gasteiger partial charge >= 0.3 is 17.8 Å². The van der Waals surface area contributed by atoms with E-state index in [4.69, 9.17) is 0 Å². The molecule has 0 spiro atoms. The van der Waals surface area contributed by atoms with Crippen molar-refractivity contribution in [3.05, 3.63) is 138 Å². The van der Waals surface area contributed by atoms with E-state index in [1.165, 1.54) is 12.1 Å². The van der Waals surface area contributed by atoms with Crippen molar-refractivity contribution in [2.24, 2.45) is 0 Å². The lowest BCUT2D eigenvalue weighted by molar-refractivity contribution is -0.139. The van der Waals surface area contributed by atoms with E-state index in [9.17, 15) is 27.9 Å². The predicted molar refractivity (Wildman–Crippen MR) is 175 cm³/mol. The Bertz CT molecular complexity index is 1590. The smallest absolute Gasteiger partial charge is 0.318 e. The summed E-state index contributed by atoms with van der Waals surface area (Å²) in [5.41, 5.74) is 4.07. The number of hydrogen-bond donors (Lipinski definition) is 3. The molecular formula is C34H35N3O6S2. The third kappa shape index (κ3) is 8.39. The SMILES string of the molecule is Cc1ccc(S(=O)(=O)N(CCNC(=O)C(=O)NCCSC(c2ccccc2)(c2ccccc2)c2ccccc2)CC(=O)O)cc1. The van der Waals surface area contributed by atoms with Gasteiger partial charge in [0.15, 0.2) is 0 Å². The first kappa shape index (κ1) is 33.4. The summed E-state index contributed by atoms with van der Waals surface area (Å²) >= 11 is 1.64. The Labute approximate surface area is 267 Å². The molecule has 4 aromatic rings. The number of carboxylic acids is 1. The molecule has 4 rings (SSSR count). The normalized spacial score (nSPS) is 11.6. The lowest BCUT2D eigenvalue weighted by atomic mass is 9.84. The molecule has 4 aromatic carbocycles. The average molecular weight is 646 g/mol. The summed E-state index contributed by atoms with van der Waals surface area (Å²) in [5.74, 6) is -2.68. The molecule has 0 aliphatic rings. The number of aliphatic carboxylic acids is 1. The highest BCUT2D eigenvalue weighted by Gasteiger charge is 2.36. The van der Waals surface area contributed by atoms with E-state index in [0.717, 1.165) is 26.6 Å². The summed E-state index contributed by atoms with van der Waals surface area (Å²) in [6.07, 6.45) is 0. The lowest BCUT2D eigenvalue weighted by Crippen LogP contribution is -2.45. The number of carbonyl (C=O) groups excluding carboxylic acids is 2. The molecule has 0 bridgehead atoms. The quantitative estimate of drug-likeness (QED) is 0.107. The van der Waals surface area contributed by atoms with Crippen molar-refractivity contribution in [3.8, 4) is 0 Å². The molecule has 0 saturated carbocycles. The van der Waals surface area contributed by atoms with E-state index in [-0.39, 0.29) is 24.5 Å². The number of aryl methyl sites for hydroxylation is 1. The van der Waals surface area contributed by atoms with Gasteiger partial charge in [-0.05, 0) is 35.7 Å². The summed E-state index contributed by atoms with van der Waals surface area (Å²) in [6, 6.07) is 36.3. The van der Waals surface area contributed by atoms with Crippen molar-refractivity contribution in [1.82, 2.24) is 14.9 Å². The van der Waals surface area contributed by atoms with Crippen molar-refractivity contribution in [1.29, 1.82) is 0 Å². The number of carboxylic acid groups (broad SMARTS) is 1. The maximum Gasteiger partial charge on any atom is 0.318 e. The Hall–Kier alpha value is -4.45. The van der Waals surface area contributed by atoms with Gasteiger partial charge in [0.1, 0.15) is 6.54 Å². The lowest BCUT2D eigenvalue weighted by Gasteiger charge is -2.35. The molecule has 0 aliphatic heterocycles. The predicted octanol–water partition coefficient (Wildman–Crippen LogP) is 4.03. The standard InChI is InChI=1S/C34H35N3O6S2/c1-26-17-19-30(20-18-26)45(42,43)37(25-31(38)39)23-21-35-32(40)33(41)36-22-24-44-34(27-11-5-2-6-12-27,28-13-7-3-8-14-28)29-15-9-4-10-16-29/h2-20H,21-25H2,1H3,(H,35,40)(H,36,41)(H,38,39). The molecule has 45 heavy (non-hydrogen) atoms. The minimum absolute atomic E-state index is 0.0616. The molecule has 0 fully saturated rings. The van der Waals surface area contributed by atoms with Crippen LogP contribution in [0.3, 0.4) is 0 Å². The van der Waals surface area contributed by atoms with Gasteiger partial charge in [-0.1, -0.05) is 109 Å². The van der Waals surface area contributed by atoms with Crippen LogP contribution in [0.25, 0.3) is 0 Å². The van der Waals surface area contributed by atoms with Gasteiger partial charge in [-0.3, -0.25) is 14.4 Å². The summed E-state index contributed by atoms with van der Waals surface area (Å²) in [7, 11) is -4.13. The van der Waals surface area contributed by atoms with Gasteiger partial charge < -0.3 is 15.7 Å². The van der Waals surface area contributed by atoms with Crippen molar-refractivity contribution in [2.75, 3.05) is 31.9 Å². The first-order chi connectivity index (χ1) is 21.6. The molecule has 0 aromatic heterocycles. The second kappa shape index (κ2) is 15.5. The number of carbonyl (C=O) groups is 3. The molecule has 3 N–H and O–H groups in total. The Morgan fingerprint density at radius 1 is 0.711 bits per heavy atom. The maximum atomic E-state index is 13.0. The van der Waals surface area contributed by atoms with Gasteiger partial charge in [-0.2, -0.15) is 4.31 Å². The van der Waals surface area contributed by atoms with E-state index in [1.807, 2.05) is 54.6 Å². The number of sulfonamides is 1. The number of nitrogens with zero attached hydrogens (tertiary/aromatic N) is 1. The van der Waals surface area contributed by atoms with E-state index < -0.39 is 39.1 Å². The van der Waals surface area contributed by atoms with E-state index >= 15 is 0 Å². The molecule has 0 saturated heterocycles. The van der Waals surface area contributed by atoms with Gasteiger partial charge in [-0.15, -0.1) is 11.8 Å². The average Bonchev–Trinajstić information content (AvgIpc) is 3.05. The van der Waals surface area contributed by atoms with E-state index in [1.54, 1.807) is 30.8 Å². The van der Waals surface area contributed by atoms with Crippen LogP contribution in [0.4, 0.5) is 0 Å². The maximum absolute atomic E-state index is 13.0. The van der Waals surface area contributed by atoms with E-state index in [2.05, 4.69) is 47.0 Å². The molecule has 11 heteroatoms. The molecule has 0 radical (unpaired) electrons. The highest BCUT2D eigenvalue weighted by Crippen LogP contribution is 2.48. The highest BCUT2D eigenvalue weighted by molar-refractivity contribution is 8.00. The molecule has 234 valence electrons. The molecule has 0 unspecified atom stereocenters. The fourth-order valence-corrected chi connectivity index (χ4v) is 7.70. The molecule has 0 aliphatic carbocycles. The van der Waals surface area contributed by atoms with Crippen LogP contribution in [0.2, 0.25) is 0 Å². The minimum Gasteiger partial charge on any atom is -0.480 e. The molecule has 0 atom stereocenters. The summed E-state index contributed by atoms with van der Waals surface area (Å²) in [4.78, 5) is 36.5. The first-order valence-corrected chi connectivity index (χ1v) is 16.7. The van der Waals surface area contributed by atoms with Crippen LogP contribution in [-0.2, 0) is 29.2 Å². The number of hydrogen-bond acceptors (Lipinski definition) is 6. The number of thioether (sulfide) groups is 1. The Morgan fingerprint density at radius 2 is 1.16 bits per heavy atom. The molecule has 0 heterocycles. The van der Waals surface area contributed by atoms with Gasteiger partial charge in [0.05, 0.1) is 9.64 Å². The Kier molecular flexibility index (Phi) is 11.5.